The predicted molar refractivity (Wildman–Crippen MR) is 79.1 cm³/mol. The molecule has 20 heavy (non-hydrogen) atoms. The number of para-hydroxylation sites is 1. The molecule has 5 nitrogen and oxygen atoms in total. The second-order valence-electron chi connectivity index (χ2n) is 3.97. The minimum absolute atomic E-state index is 0.0319. The number of nitrogens with zero attached hydrogens (tertiary/aromatic N) is 2. The Hall–Kier alpha value is -2.69. The van der Waals surface area contributed by atoms with Crippen LogP contribution in [0, 0.1) is 10.1 Å². The van der Waals surface area contributed by atoms with Crippen molar-refractivity contribution in [3.05, 3.63) is 71.3 Å². The fourth-order valence-electron chi connectivity index (χ4n) is 1.63. The average molecular weight is 272 g/mol. The minimum atomic E-state index is -0.477. The van der Waals surface area contributed by atoms with Crippen molar-refractivity contribution in [2.75, 3.05) is 13.1 Å². The Labute approximate surface area is 117 Å². The molecular weight excluding hydrogens is 256 g/mol. The lowest BCUT2D eigenvalue weighted by Crippen LogP contribution is -2.29. The van der Waals surface area contributed by atoms with E-state index in [1.54, 1.807) is 30.4 Å². The van der Waals surface area contributed by atoms with Gasteiger partial charge in [-0.3, -0.25) is 14.9 Å². The minimum Gasteiger partial charge on any atom is -0.332 e. The summed E-state index contributed by atoms with van der Waals surface area (Å²) in [7, 11) is 0. The number of nitro benzene ring substituents is 1. The zero-order valence-corrected chi connectivity index (χ0v) is 11.1. The summed E-state index contributed by atoms with van der Waals surface area (Å²) >= 11 is 0. The highest BCUT2D eigenvalue weighted by molar-refractivity contribution is 5.92. The van der Waals surface area contributed by atoms with Crippen LogP contribution in [0.2, 0.25) is 0 Å². The number of carbonyl (C=O) groups excluding carboxylic acids is 1. The molecule has 0 bridgehead atoms. The van der Waals surface area contributed by atoms with Crippen LogP contribution in [-0.2, 0) is 4.79 Å². The first-order chi connectivity index (χ1) is 9.60. The maximum Gasteiger partial charge on any atom is 0.276 e. The molecule has 5 heteroatoms. The van der Waals surface area contributed by atoms with Crippen molar-refractivity contribution in [2.24, 2.45) is 0 Å². The van der Waals surface area contributed by atoms with Crippen molar-refractivity contribution in [3.8, 4) is 0 Å². The van der Waals surface area contributed by atoms with Gasteiger partial charge in [0, 0.05) is 25.2 Å². The fraction of sp³-hybridized carbons (Fsp3) is 0.133. The maximum absolute atomic E-state index is 12.0. The number of rotatable bonds is 7. The molecule has 0 atom stereocenters. The van der Waals surface area contributed by atoms with Gasteiger partial charge < -0.3 is 4.90 Å². The van der Waals surface area contributed by atoms with Gasteiger partial charge in [-0.25, -0.2) is 0 Å². The quantitative estimate of drug-likeness (QED) is 0.332. The van der Waals surface area contributed by atoms with E-state index in [1.165, 1.54) is 23.1 Å². The van der Waals surface area contributed by atoms with Crippen molar-refractivity contribution in [1.29, 1.82) is 0 Å². The van der Waals surface area contributed by atoms with Crippen LogP contribution in [0.3, 0.4) is 0 Å². The monoisotopic (exact) mass is 272 g/mol. The maximum atomic E-state index is 12.0. The first-order valence-corrected chi connectivity index (χ1v) is 6.02. The van der Waals surface area contributed by atoms with Crippen molar-refractivity contribution in [1.82, 2.24) is 4.90 Å². The lowest BCUT2D eigenvalue weighted by molar-refractivity contribution is -0.385. The van der Waals surface area contributed by atoms with Crippen molar-refractivity contribution in [2.45, 2.75) is 0 Å². The number of benzene rings is 1. The van der Waals surface area contributed by atoms with E-state index in [0.717, 1.165) is 0 Å². The largest absolute Gasteiger partial charge is 0.332 e. The summed E-state index contributed by atoms with van der Waals surface area (Å²) in [5, 5.41) is 10.9. The molecule has 0 aliphatic carbocycles. The highest BCUT2D eigenvalue weighted by Gasteiger charge is 2.11. The first kappa shape index (κ1) is 15.4. The smallest absolute Gasteiger partial charge is 0.276 e. The molecule has 0 saturated heterocycles. The van der Waals surface area contributed by atoms with E-state index in [4.69, 9.17) is 0 Å². The van der Waals surface area contributed by atoms with Crippen LogP contribution >= 0.6 is 0 Å². The normalized spacial score (nSPS) is 10.2. The number of hydrogen-bond acceptors (Lipinski definition) is 3. The molecule has 104 valence electrons. The third-order valence-corrected chi connectivity index (χ3v) is 2.55. The van der Waals surface area contributed by atoms with Crippen LogP contribution in [0.1, 0.15) is 5.56 Å². The summed E-state index contributed by atoms with van der Waals surface area (Å²) in [5.41, 5.74) is 0.360. The van der Waals surface area contributed by atoms with Crippen molar-refractivity contribution in [3.63, 3.8) is 0 Å². The molecule has 1 aromatic carbocycles. The Balaban J connectivity index is 2.91. The fourth-order valence-corrected chi connectivity index (χ4v) is 1.63. The van der Waals surface area contributed by atoms with Crippen LogP contribution in [0.15, 0.2) is 55.7 Å². The Morgan fingerprint density at radius 1 is 1.25 bits per heavy atom. The third kappa shape index (κ3) is 4.20. The average Bonchev–Trinajstić information content (AvgIpc) is 2.44. The van der Waals surface area contributed by atoms with Gasteiger partial charge in [0.15, 0.2) is 0 Å². The summed E-state index contributed by atoms with van der Waals surface area (Å²) < 4.78 is 0. The first-order valence-electron chi connectivity index (χ1n) is 6.02. The Bertz CT molecular complexity index is 540. The standard InChI is InChI=1S/C15H16N2O3/c1-3-11-16(12-4-2)15(18)10-9-13-7-5-6-8-14(13)17(19)20/h3-10H,1-2,11-12H2/b10-9+. The van der Waals surface area contributed by atoms with Crippen LogP contribution in [0.5, 0.6) is 0 Å². The highest BCUT2D eigenvalue weighted by Crippen LogP contribution is 2.18. The Morgan fingerprint density at radius 2 is 1.85 bits per heavy atom. The van der Waals surface area contributed by atoms with Gasteiger partial charge in [0.25, 0.3) is 5.69 Å². The molecule has 1 rings (SSSR count). The molecule has 0 heterocycles. The molecule has 0 aromatic heterocycles. The van der Waals surface area contributed by atoms with Crippen LogP contribution in [0.4, 0.5) is 5.69 Å². The number of amides is 1. The molecule has 0 spiro atoms. The molecular formula is C15H16N2O3. The Kier molecular flexibility index (Phi) is 5.90. The predicted octanol–water partition coefficient (Wildman–Crippen LogP) is 2.81. The summed E-state index contributed by atoms with van der Waals surface area (Å²) in [6.07, 6.45) is 5.98. The molecule has 0 saturated carbocycles. The topological polar surface area (TPSA) is 63.5 Å². The van der Waals surface area contributed by atoms with Gasteiger partial charge in [-0.05, 0) is 12.1 Å². The van der Waals surface area contributed by atoms with E-state index in [-0.39, 0.29) is 11.6 Å². The molecule has 0 aliphatic heterocycles. The van der Waals surface area contributed by atoms with Gasteiger partial charge in [0.2, 0.25) is 5.91 Å². The second kappa shape index (κ2) is 7.68. The summed E-state index contributed by atoms with van der Waals surface area (Å²) in [6.45, 7) is 7.95. The van der Waals surface area contributed by atoms with Gasteiger partial charge in [-0.2, -0.15) is 0 Å². The molecule has 0 fully saturated rings. The lowest BCUT2D eigenvalue weighted by atomic mass is 10.1. The number of carbonyl (C=O) groups is 1. The third-order valence-electron chi connectivity index (χ3n) is 2.55. The molecule has 1 amide bonds. The van der Waals surface area contributed by atoms with E-state index >= 15 is 0 Å². The van der Waals surface area contributed by atoms with E-state index < -0.39 is 4.92 Å². The summed E-state index contributed by atoms with van der Waals surface area (Å²) in [6, 6.07) is 6.25. The van der Waals surface area contributed by atoms with Crippen LogP contribution in [0.25, 0.3) is 6.08 Å². The van der Waals surface area contributed by atoms with Crippen molar-refractivity contribution < 1.29 is 9.72 Å². The summed E-state index contributed by atoms with van der Waals surface area (Å²) in [4.78, 5) is 23.8. The van der Waals surface area contributed by atoms with Gasteiger partial charge in [-0.15, -0.1) is 13.2 Å². The van der Waals surface area contributed by atoms with Gasteiger partial charge in [-0.1, -0.05) is 24.3 Å². The van der Waals surface area contributed by atoms with Crippen LogP contribution in [-0.4, -0.2) is 28.8 Å². The van der Waals surface area contributed by atoms with Gasteiger partial charge in [0.1, 0.15) is 0 Å². The van der Waals surface area contributed by atoms with Crippen LogP contribution < -0.4 is 0 Å². The SMILES string of the molecule is C=CCN(CC=C)C(=O)/C=C/c1ccccc1[N+](=O)[O-]. The van der Waals surface area contributed by atoms with E-state index in [0.29, 0.717) is 18.7 Å². The number of hydrogen-bond donors (Lipinski definition) is 0. The molecule has 0 N–H and O–H groups in total. The van der Waals surface area contributed by atoms with E-state index in [9.17, 15) is 14.9 Å². The van der Waals surface area contributed by atoms with Gasteiger partial charge in [0.05, 0.1) is 10.5 Å². The zero-order chi connectivity index (χ0) is 15.0. The number of nitro groups is 1. The lowest BCUT2D eigenvalue weighted by Gasteiger charge is -2.16. The van der Waals surface area contributed by atoms with E-state index in [1.807, 2.05) is 0 Å². The molecule has 0 aliphatic rings. The zero-order valence-electron chi connectivity index (χ0n) is 11.1. The second-order valence-corrected chi connectivity index (χ2v) is 3.97. The Morgan fingerprint density at radius 3 is 2.40 bits per heavy atom. The van der Waals surface area contributed by atoms with Crippen molar-refractivity contribution >= 4 is 17.7 Å². The highest BCUT2D eigenvalue weighted by atomic mass is 16.6. The van der Waals surface area contributed by atoms with Gasteiger partial charge >= 0.3 is 0 Å². The molecule has 1 aromatic rings. The molecule has 0 unspecified atom stereocenters. The van der Waals surface area contributed by atoms with E-state index in [2.05, 4.69) is 13.2 Å². The molecule has 0 radical (unpaired) electrons. The summed E-state index contributed by atoms with van der Waals surface area (Å²) in [5.74, 6) is -0.247.